The molecule has 4 rings (SSSR count). The van der Waals surface area contributed by atoms with Crippen LogP contribution in [0.4, 0.5) is 10.3 Å². The number of imidazole rings is 1. The van der Waals surface area contributed by atoms with Crippen molar-refractivity contribution in [3.8, 4) is 0 Å². The third-order valence-electron chi connectivity index (χ3n) is 5.07. The minimum absolute atomic E-state index is 0.235. The van der Waals surface area contributed by atoms with E-state index < -0.39 is 0 Å². The van der Waals surface area contributed by atoms with E-state index in [1.165, 1.54) is 12.1 Å². The van der Waals surface area contributed by atoms with Gasteiger partial charge in [-0.15, -0.1) is 0 Å². The lowest BCUT2D eigenvalue weighted by Gasteiger charge is -2.13. The van der Waals surface area contributed by atoms with Crippen molar-refractivity contribution in [2.75, 3.05) is 0 Å². The van der Waals surface area contributed by atoms with Crippen molar-refractivity contribution in [3.05, 3.63) is 101 Å². The molecule has 0 aliphatic heterocycles. The molecule has 3 N–H and O–H groups in total. The largest absolute Gasteiger partial charge is 0.398 e. The number of aromatic nitrogens is 2. The highest BCUT2D eigenvalue weighted by Crippen LogP contribution is 2.23. The summed E-state index contributed by atoms with van der Waals surface area (Å²) in [5.41, 5.74) is 12.8. The van der Waals surface area contributed by atoms with Gasteiger partial charge in [0.25, 0.3) is 0 Å². The molecule has 0 bridgehead atoms. The lowest BCUT2D eigenvalue weighted by atomic mass is 9.97. The van der Waals surface area contributed by atoms with Gasteiger partial charge in [-0.2, -0.15) is 0 Å². The fraction of sp³-hybridized carbons (Fsp3) is 0.120. The van der Waals surface area contributed by atoms with Crippen LogP contribution in [0.3, 0.4) is 0 Å². The number of rotatable bonds is 6. The Kier molecular flexibility index (Phi) is 5.70. The highest BCUT2D eigenvalue weighted by atomic mass is 19.1. The Hall–Kier alpha value is -3.73. The van der Waals surface area contributed by atoms with Gasteiger partial charge in [0, 0.05) is 11.4 Å². The SMILES string of the molecule is CC(=N\c1nc2ccccc2[nH]1)/C(CCc1ccc(F)cc1)=C(\N)c1ccccc1. The highest BCUT2D eigenvalue weighted by Gasteiger charge is 2.12. The summed E-state index contributed by atoms with van der Waals surface area (Å²) in [4.78, 5) is 12.5. The summed E-state index contributed by atoms with van der Waals surface area (Å²) in [5, 5.41) is 0. The summed E-state index contributed by atoms with van der Waals surface area (Å²) in [5.74, 6) is 0.315. The van der Waals surface area contributed by atoms with Gasteiger partial charge < -0.3 is 10.7 Å². The first-order valence-electron chi connectivity index (χ1n) is 9.89. The smallest absolute Gasteiger partial charge is 0.228 e. The third-order valence-corrected chi connectivity index (χ3v) is 5.07. The molecule has 0 amide bonds. The number of benzene rings is 3. The molecule has 5 heteroatoms. The van der Waals surface area contributed by atoms with E-state index in [1.54, 1.807) is 12.1 Å². The quantitative estimate of drug-likeness (QED) is 0.403. The summed E-state index contributed by atoms with van der Waals surface area (Å²) >= 11 is 0. The van der Waals surface area contributed by atoms with Crippen molar-refractivity contribution in [1.82, 2.24) is 9.97 Å². The number of nitrogens with one attached hydrogen (secondary N) is 1. The Labute approximate surface area is 175 Å². The van der Waals surface area contributed by atoms with E-state index in [1.807, 2.05) is 61.5 Å². The lowest BCUT2D eigenvalue weighted by Crippen LogP contribution is -2.09. The van der Waals surface area contributed by atoms with Crippen molar-refractivity contribution in [2.24, 2.45) is 10.7 Å². The average molecular weight is 398 g/mol. The molecule has 1 aromatic heterocycles. The normalized spacial score (nSPS) is 12.8. The van der Waals surface area contributed by atoms with Gasteiger partial charge >= 0.3 is 0 Å². The standard InChI is InChI=1S/C25H23FN4/c1-17(28-25-29-22-9-5-6-10-23(22)30-25)21(24(27)19-7-3-2-4-8-19)16-13-18-11-14-20(26)15-12-18/h2-12,14-15H,13,16,27H2,1H3,(H,29,30)/b24-21-,28-17+. The number of nitrogens with zero attached hydrogens (tertiary/aromatic N) is 2. The van der Waals surface area contributed by atoms with Crippen molar-refractivity contribution >= 4 is 28.4 Å². The fourth-order valence-corrected chi connectivity index (χ4v) is 3.44. The molecule has 0 atom stereocenters. The predicted molar refractivity (Wildman–Crippen MR) is 121 cm³/mol. The van der Waals surface area contributed by atoms with E-state index >= 15 is 0 Å². The van der Waals surface area contributed by atoms with Crippen LogP contribution >= 0.6 is 0 Å². The summed E-state index contributed by atoms with van der Waals surface area (Å²) in [6.45, 7) is 1.95. The summed E-state index contributed by atoms with van der Waals surface area (Å²) < 4.78 is 13.2. The lowest BCUT2D eigenvalue weighted by molar-refractivity contribution is 0.627. The number of aromatic amines is 1. The number of para-hydroxylation sites is 2. The zero-order chi connectivity index (χ0) is 20.9. The second kappa shape index (κ2) is 8.74. The van der Waals surface area contributed by atoms with Crippen molar-refractivity contribution in [1.29, 1.82) is 0 Å². The summed E-state index contributed by atoms with van der Waals surface area (Å²) in [6.07, 6.45) is 1.41. The molecular weight excluding hydrogens is 375 g/mol. The van der Waals surface area contributed by atoms with Crippen LogP contribution in [0.1, 0.15) is 24.5 Å². The van der Waals surface area contributed by atoms with Gasteiger partial charge in [0.05, 0.1) is 11.0 Å². The number of halogens is 1. The number of nitrogens with two attached hydrogens (primary N) is 1. The van der Waals surface area contributed by atoms with Crippen LogP contribution in [-0.4, -0.2) is 15.7 Å². The first-order chi connectivity index (χ1) is 14.6. The third kappa shape index (κ3) is 4.46. The number of hydrogen-bond donors (Lipinski definition) is 2. The first kappa shape index (κ1) is 19.6. The molecule has 3 aromatic carbocycles. The van der Waals surface area contributed by atoms with Crippen molar-refractivity contribution < 1.29 is 4.39 Å². The molecule has 1 heterocycles. The van der Waals surface area contributed by atoms with Crippen LogP contribution in [0, 0.1) is 5.82 Å². The van der Waals surface area contributed by atoms with E-state index in [0.717, 1.165) is 39.9 Å². The minimum Gasteiger partial charge on any atom is -0.398 e. The van der Waals surface area contributed by atoms with Gasteiger partial charge in [-0.1, -0.05) is 54.6 Å². The molecule has 0 radical (unpaired) electrons. The van der Waals surface area contributed by atoms with Gasteiger partial charge in [-0.25, -0.2) is 14.4 Å². The Morgan fingerprint density at radius 3 is 2.40 bits per heavy atom. The number of aryl methyl sites for hydroxylation is 1. The molecule has 0 saturated carbocycles. The highest BCUT2D eigenvalue weighted by molar-refractivity contribution is 6.05. The molecule has 4 aromatic rings. The van der Waals surface area contributed by atoms with E-state index in [-0.39, 0.29) is 5.82 Å². The zero-order valence-corrected chi connectivity index (χ0v) is 16.8. The Morgan fingerprint density at radius 2 is 1.67 bits per heavy atom. The fourth-order valence-electron chi connectivity index (χ4n) is 3.44. The maximum absolute atomic E-state index is 13.2. The molecule has 0 saturated heterocycles. The zero-order valence-electron chi connectivity index (χ0n) is 16.8. The van der Waals surface area contributed by atoms with Crippen LogP contribution < -0.4 is 5.73 Å². The Morgan fingerprint density at radius 1 is 0.967 bits per heavy atom. The molecule has 30 heavy (non-hydrogen) atoms. The topological polar surface area (TPSA) is 67.1 Å². The number of H-pyrrole nitrogens is 1. The van der Waals surface area contributed by atoms with Crippen LogP contribution in [-0.2, 0) is 6.42 Å². The molecule has 0 unspecified atom stereocenters. The van der Waals surface area contributed by atoms with Gasteiger partial charge in [0.2, 0.25) is 5.95 Å². The molecule has 4 nitrogen and oxygen atoms in total. The number of aliphatic imine (C=N–C) groups is 1. The van der Waals surface area contributed by atoms with Gasteiger partial charge in [-0.05, 0) is 60.7 Å². The van der Waals surface area contributed by atoms with E-state index in [0.29, 0.717) is 18.1 Å². The predicted octanol–water partition coefficient (Wildman–Crippen LogP) is 5.80. The Bertz CT molecular complexity index is 1170. The summed E-state index contributed by atoms with van der Waals surface area (Å²) in [6, 6.07) is 24.3. The van der Waals surface area contributed by atoms with Gasteiger partial charge in [0.15, 0.2) is 0 Å². The van der Waals surface area contributed by atoms with Crippen LogP contribution in [0.15, 0.2) is 89.4 Å². The molecular formula is C25H23FN4. The number of hydrogen-bond acceptors (Lipinski definition) is 3. The van der Waals surface area contributed by atoms with Crippen molar-refractivity contribution in [2.45, 2.75) is 19.8 Å². The molecule has 0 spiro atoms. The second-order valence-corrected chi connectivity index (χ2v) is 7.16. The molecule has 0 fully saturated rings. The van der Waals surface area contributed by atoms with Gasteiger partial charge in [-0.3, -0.25) is 0 Å². The molecule has 0 aliphatic rings. The van der Waals surface area contributed by atoms with E-state index in [2.05, 4.69) is 9.97 Å². The average Bonchev–Trinajstić information content (AvgIpc) is 3.18. The van der Waals surface area contributed by atoms with Crippen LogP contribution in [0.2, 0.25) is 0 Å². The molecule has 0 aliphatic carbocycles. The van der Waals surface area contributed by atoms with Crippen LogP contribution in [0.25, 0.3) is 16.7 Å². The second-order valence-electron chi connectivity index (χ2n) is 7.16. The monoisotopic (exact) mass is 398 g/mol. The number of fused-ring (bicyclic) bond motifs is 1. The van der Waals surface area contributed by atoms with E-state index in [9.17, 15) is 4.39 Å². The van der Waals surface area contributed by atoms with Crippen LogP contribution in [0.5, 0.6) is 0 Å². The minimum atomic E-state index is -0.235. The van der Waals surface area contributed by atoms with Gasteiger partial charge in [0.1, 0.15) is 5.82 Å². The van der Waals surface area contributed by atoms with Crippen molar-refractivity contribution in [3.63, 3.8) is 0 Å². The first-order valence-corrected chi connectivity index (χ1v) is 9.89. The summed E-state index contributed by atoms with van der Waals surface area (Å²) in [7, 11) is 0. The molecule has 150 valence electrons. The van der Waals surface area contributed by atoms with E-state index in [4.69, 9.17) is 10.7 Å². The Balaban J connectivity index is 1.69. The maximum Gasteiger partial charge on any atom is 0.228 e. The maximum atomic E-state index is 13.2. The number of allylic oxidation sites excluding steroid dienone is 1.